The van der Waals surface area contributed by atoms with Crippen molar-refractivity contribution in [2.75, 3.05) is 0 Å². The summed E-state index contributed by atoms with van der Waals surface area (Å²) in [6.45, 7) is 0.327. The van der Waals surface area contributed by atoms with E-state index in [0.29, 0.717) is 28.0 Å². The lowest BCUT2D eigenvalue weighted by Gasteiger charge is -2.10. The molecular weight excluding hydrogens is 285 g/mol. The molecule has 1 N–H and O–H groups in total. The van der Waals surface area contributed by atoms with E-state index < -0.39 is 0 Å². The zero-order valence-electron chi connectivity index (χ0n) is 9.88. The van der Waals surface area contributed by atoms with Crippen molar-refractivity contribution in [3.05, 3.63) is 63.6 Å². The molecule has 0 saturated carbocycles. The molecule has 2 aromatic rings. The summed E-state index contributed by atoms with van der Waals surface area (Å²) >= 11 is 11.9. The monoisotopic (exact) mass is 295 g/mol. The highest BCUT2D eigenvalue weighted by molar-refractivity contribution is 6.31. The van der Waals surface area contributed by atoms with Crippen molar-refractivity contribution in [3.8, 4) is 5.75 Å². The Hall–Kier alpha value is -1.71. The molecule has 0 aromatic heterocycles. The Kier molecular flexibility index (Phi) is 4.66. The van der Waals surface area contributed by atoms with Crippen LogP contribution in [-0.4, -0.2) is 11.4 Å². The molecule has 19 heavy (non-hydrogen) atoms. The second kappa shape index (κ2) is 6.45. The van der Waals surface area contributed by atoms with Crippen LogP contribution in [0.5, 0.6) is 5.75 Å². The number of rotatable bonds is 4. The Bertz CT molecular complexity index is 600. The lowest BCUT2D eigenvalue weighted by Crippen LogP contribution is -1.99. The van der Waals surface area contributed by atoms with Crippen molar-refractivity contribution in [1.29, 1.82) is 0 Å². The quantitative estimate of drug-likeness (QED) is 0.517. The van der Waals surface area contributed by atoms with E-state index in [1.807, 2.05) is 18.2 Å². The summed E-state index contributed by atoms with van der Waals surface area (Å²) in [6.07, 6.45) is 1.27. The van der Waals surface area contributed by atoms with E-state index >= 15 is 0 Å². The van der Waals surface area contributed by atoms with Crippen molar-refractivity contribution in [1.82, 2.24) is 0 Å². The maximum atomic E-state index is 8.61. The number of halogens is 2. The molecule has 0 heterocycles. The van der Waals surface area contributed by atoms with Crippen LogP contribution in [0.3, 0.4) is 0 Å². The third-order valence-electron chi connectivity index (χ3n) is 2.51. The minimum atomic E-state index is 0.327. The molecule has 0 unspecified atom stereocenters. The first-order valence-corrected chi connectivity index (χ1v) is 6.29. The van der Waals surface area contributed by atoms with E-state index in [0.717, 1.165) is 5.56 Å². The second-order valence-corrected chi connectivity index (χ2v) is 4.65. The molecule has 3 nitrogen and oxygen atoms in total. The van der Waals surface area contributed by atoms with Gasteiger partial charge in [0.1, 0.15) is 12.4 Å². The van der Waals surface area contributed by atoms with Crippen molar-refractivity contribution in [2.24, 2.45) is 5.16 Å². The predicted octanol–water partition coefficient (Wildman–Crippen LogP) is 4.38. The predicted molar refractivity (Wildman–Crippen MR) is 76.6 cm³/mol. The van der Waals surface area contributed by atoms with Gasteiger partial charge >= 0.3 is 0 Å². The zero-order valence-corrected chi connectivity index (χ0v) is 11.4. The Labute approximate surface area is 121 Å². The van der Waals surface area contributed by atoms with Crippen LogP contribution in [0.2, 0.25) is 10.0 Å². The van der Waals surface area contributed by atoms with Gasteiger partial charge in [-0.3, -0.25) is 0 Å². The first-order chi connectivity index (χ1) is 9.20. The summed E-state index contributed by atoms with van der Waals surface area (Å²) in [6, 6.07) is 12.5. The lowest BCUT2D eigenvalue weighted by molar-refractivity contribution is 0.304. The largest absolute Gasteiger partial charge is 0.488 e. The number of nitrogens with zero attached hydrogens (tertiary/aromatic N) is 1. The highest BCUT2D eigenvalue weighted by atomic mass is 35.5. The van der Waals surface area contributed by atoms with Gasteiger partial charge < -0.3 is 9.94 Å². The topological polar surface area (TPSA) is 41.8 Å². The van der Waals surface area contributed by atoms with Gasteiger partial charge in [-0.05, 0) is 24.3 Å². The Morgan fingerprint density at radius 1 is 1.16 bits per heavy atom. The van der Waals surface area contributed by atoms with E-state index in [2.05, 4.69) is 5.16 Å². The molecule has 0 atom stereocenters. The van der Waals surface area contributed by atoms with Crippen molar-refractivity contribution >= 4 is 29.4 Å². The average molecular weight is 296 g/mol. The minimum absolute atomic E-state index is 0.327. The normalized spacial score (nSPS) is 10.8. The van der Waals surface area contributed by atoms with Crippen molar-refractivity contribution in [2.45, 2.75) is 6.61 Å². The van der Waals surface area contributed by atoms with Gasteiger partial charge in [0.2, 0.25) is 0 Å². The lowest BCUT2D eigenvalue weighted by atomic mass is 10.2. The molecule has 0 fully saturated rings. The fraction of sp³-hybridized carbons (Fsp3) is 0.0714. The van der Waals surface area contributed by atoms with E-state index in [1.165, 1.54) is 6.21 Å². The van der Waals surface area contributed by atoms with Gasteiger partial charge in [-0.15, -0.1) is 0 Å². The Morgan fingerprint density at radius 2 is 1.95 bits per heavy atom. The summed E-state index contributed by atoms with van der Waals surface area (Å²) in [5, 5.41) is 12.8. The summed E-state index contributed by atoms with van der Waals surface area (Å²) in [5.74, 6) is 0.571. The highest BCUT2D eigenvalue weighted by Gasteiger charge is 2.05. The second-order valence-electron chi connectivity index (χ2n) is 3.81. The van der Waals surface area contributed by atoms with Crippen LogP contribution in [0, 0.1) is 0 Å². The third-order valence-corrected chi connectivity index (χ3v) is 3.11. The zero-order chi connectivity index (χ0) is 13.7. The van der Waals surface area contributed by atoms with Crippen LogP contribution < -0.4 is 4.74 Å². The van der Waals surface area contributed by atoms with Gasteiger partial charge in [0, 0.05) is 21.2 Å². The number of benzene rings is 2. The fourth-order valence-corrected chi connectivity index (χ4v) is 1.96. The van der Waals surface area contributed by atoms with Crippen LogP contribution >= 0.6 is 23.2 Å². The molecule has 0 amide bonds. The average Bonchev–Trinajstić information content (AvgIpc) is 2.40. The summed E-state index contributed by atoms with van der Waals surface area (Å²) in [5.41, 5.74) is 1.48. The first-order valence-electron chi connectivity index (χ1n) is 5.54. The molecule has 0 aliphatic heterocycles. The van der Waals surface area contributed by atoms with E-state index in [-0.39, 0.29) is 0 Å². The van der Waals surface area contributed by atoms with Gasteiger partial charge in [-0.25, -0.2) is 0 Å². The van der Waals surface area contributed by atoms with E-state index in [4.69, 9.17) is 33.1 Å². The fourth-order valence-electron chi connectivity index (χ4n) is 1.58. The van der Waals surface area contributed by atoms with Crippen molar-refractivity contribution in [3.63, 3.8) is 0 Å². The van der Waals surface area contributed by atoms with Gasteiger partial charge in [0.15, 0.2) is 0 Å². The van der Waals surface area contributed by atoms with Gasteiger partial charge in [0.05, 0.1) is 6.21 Å². The Morgan fingerprint density at radius 3 is 2.68 bits per heavy atom. The molecule has 0 saturated heterocycles. The van der Waals surface area contributed by atoms with Crippen LogP contribution in [0.4, 0.5) is 0 Å². The molecule has 0 spiro atoms. The van der Waals surface area contributed by atoms with Crippen LogP contribution in [0.1, 0.15) is 11.1 Å². The van der Waals surface area contributed by atoms with Crippen LogP contribution in [0.15, 0.2) is 47.6 Å². The van der Waals surface area contributed by atoms with E-state index in [1.54, 1.807) is 24.3 Å². The van der Waals surface area contributed by atoms with Crippen molar-refractivity contribution < 1.29 is 9.94 Å². The molecule has 0 radical (unpaired) electrons. The highest BCUT2D eigenvalue weighted by Crippen LogP contribution is 2.24. The molecule has 0 aliphatic carbocycles. The molecule has 2 aromatic carbocycles. The molecular formula is C14H11Cl2NO2. The number of hydrogen-bond donors (Lipinski definition) is 1. The third kappa shape index (κ3) is 3.63. The van der Waals surface area contributed by atoms with Gasteiger partial charge in [-0.2, -0.15) is 0 Å². The molecule has 98 valence electrons. The van der Waals surface area contributed by atoms with Crippen LogP contribution in [-0.2, 0) is 6.61 Å². The summed E-state index contributed by atoms with van der Waals surface area (Å²) < 4.78 is 5.67. The number of ether oxygens (including phenoxy) is 1. The van der Waals surface area contributed by atoms with Crippen LogP contribution in [0.25, 0.3) is 0 Å². The Balaban J connectivity index is 2.18. The maximum Gasteiger partial charge on any atom is 0.128 e. The molecule has 5 heteroatoms. The van der Waals surface area contributed by atoms with Gasteiger partial charge in [0.25, 0.3) is 0 Å². The smallest absolute Gasteiger partial charge is 0.128 e. The molecule has 2 rings (SSSR count). The molecule has 0 bridgehead atoms. The number of hydrogen-bond acceptors (Lipinski definition) is 3. The summed E-state index contributed by atoms with van der Waals surface area (Å²) in [4.78, 5) is 0. The molecule has 0 aliphatic rings. The maximum absolute atomic E-state index is 8.61. The summed E-state index contributed by atoms with van der Waals surface area (Å²) in [7, 11) is 0. The minimum Gasteiger partial charge on any atom is -0.488 e. The number of oxime groups is 1. The SMILES string of the molecule is O/N=C\c1cc(Cl)ccc1OCc1ccccc1Cl. The van der Waals surface area contributed by atoms with E-state index in [9.17, 15) is 0 Å². The first kappa shape index (κ1) is 13.7. The van der Waals surface area contributed by atoms with Gasteiger partial charge in [-0.1, -0.05) is 46.6 Å². The standard InChI is InChI=1S/C14H11Cl2NO2/c15-12-5-6-14(11(7-12)8-17-18)19-9-10-3-1-2-4-13(10)16/h1-8,18H,9H2/b17-8-.